The van der Waals surface area contributed by atoms with Crippen LogP contribution in [0.2, 0.25) is 0 Å². The third-order valence-corrected chi connectivity index (χ3v) is 14.0. The first kappa shape index (κ1) is 78.0. The number of ether oxygens (including phenoxy) is 3. The first-order chi connectivity index (χ1) is 41.0. The van der Waals surface area contributed by atoms with E-state index in [1.54, 1.807) is 0 Å². The Balaban J connectivity index is 4.27. The van der Waals surface area contributed by atoms with E-state index in [0.29, 0.717) is 19.3 Å². The Morgan fingerprint density at radius 1 is 0.241 bits per heavy atom. The van der Waals surface area contributed by atoms with Gasteiger partial charge in [-0.1, -0.05) is 288 Å². The molecule has 0 aromatic carbocycles. The summed E-state index contributed by atoms with van der Waals surface area (Å²) in [4.78, 5) is 38.3. The molecule has 83 heavy (non-hydrogen) atoms. The number of esters is 3. The topological polar surface area (TPSA) is 78.9 Å². The third-order valence-electron chi connectivity index (χ3n) is 14.0. The van der Waals surface area contributed by atoms with Crippen molar-refractivity contribution < 1.29 is 28.6 Å². The van der Waals surface area contributed by atoms with Gasteiger partial charge in [-0.25, -0.2) is 0 Å². The van der Waals surface area contributed by atoms with E-state index >= 15 is 0 Å². The van der Waals surface area contributed by atoms with E-state index in [1.807, 2.05) is 0 Å². The van der Waals surface area contributed by atoms with Crippen LogP contribution >= 0.6 is 0 Å². The second-order valence-corrected chi connectivity index (χ2v) is 21.9. The summed E-state index contributed by atoms with van der Waals surface area (Å²) in [6.45, 7) is 6.25. The van der Waals surface area contributed by atoms with E-state index in [9.17, 15) is 14.4 Å². The number of hydrogen-bond acceptors (Lipinski definition) is 6. The lowest BCUT2D eigenvalue weighted by Gasteiger charge is -2.18. The van der Waals surface area contributed by atoms with Crippen molar-refractivity contribution in [3.63, 3.8) is 0 Å². The molecule has 0 aliphatic heterocycles. The predicted molar refractivity (Wildman–Crippen MR) is 362 cm³/mol. The fraction of sp³-hybridized carbons (Fsp3) is 0.623. The minimum absolute atomic E-state index is 0.105. The lowest BCUT2D eigenvalue weighted by molar-refractivity contribution is -0.167. The van der Waals surface area contributed by atoms with Crippen molar-refractivity contribution in [1.29, 1.82) is 0 Å². The van der Waals surface area contributed by atoms with Gasteiger partial charge in [-0.15, -0.1) is 0 Å². The zero-order valence-corrected chi connectivity index (χ0v) is 53.7. The zero-order chi connectivity index (χ0) is 59.9. The van der Waals surface area contributed by atoms with Gasteiger partial charge in [-0.3, -0.25) is 14.4 Å². The highest BCUT2D eigenvalue weighted by Crippen LogP contribution is 2.16. The Bertz CT molecular complexity index is 1840. The first-order valence-corrected chi connectivity index (χ1v) is 34.0. The molecule has 0 aromatic heterocycles. The Morgan fingerprint density at radius 3 is 0.687 bits per heavy atom. The summed E-state index contributed by atoms with van der Waals surface area (Å²) in [5, 5.41) is 0. The highest BCUT2D eigenvalue weighted by Gasteiger charge is 2.19. The average Bonchev–Trinajstić information content (AvgIpc) is 3.49. The van der Waals surface area contributed by atoms with Crippen LogP contribution in [-0.2, 0) is 28.6 Å². The Hall–Kier alpha value is -4.97. The highest BCUT2D eigenvalue weighted by atomic mass is 16.6. The Kier molecular flexibility index (Phi) is 65.4. The highest BCUT2D eigenvalue weighted by molar-refractivity contribution is 5.71. The average molecular weight is 1150 g/mol. The smallest absolute Gasteiger partial charge is 0.306 e. The largest absolute Gasteiger partial charge is 0.462 e. The maximum atomic E-state index is 12.9. The van der Waals surface area contributed by atoms with Gasteiger partial charge >= 0.3 is 17.9 Å². The maximum Gasteiger partial charge on any atom is 0.306 e. The molecule has 0 saturated heterocycles. The molecule has 0 bridgehead atoms. The molecule has 0 aliphatic carbocycles. The number of carbonyl (C=O) groups excluding carboxylic acids is 3. The van der Waals surface area contributed by atoms with Crippen LogP contribution in [-0.4, -0.2) is 37.2 Å². The molecule has 0 aliphatic rings. The number of unbranched alkanes of at least 4 members (excludes halogenated alkanes) is 23. The minimum Gasteiger partial charge on any atom is -0.462 e. The van der Waals surface area contributed by atoms with Gasteiger partial charge in [0.15, 0.2) is 6.10 Å². The lowest BCUT2D eigenvalue weighted by atomic mass is 10.0. The quantitative estimate of drug-likeness (QED) is 0.0261. The summed E-state index contributed by atoms with van der Waals surface area (Å²) in [6.07, 6.45) is 101. The third kappa shape index (κ3) is 67.7. The number of rotatable bonds is 60. The summed E-state index contributed by atoms with van der Waals surface area (Å²) in [7, 11) is 0. The molecule has 1 atom stereocenters. The van der Waals surface area contributed by atoms with Crippen LogP contribution in [0.5, 0.6) is 0 Å². The summed E-state index contributed by atoms with van der Waals surface area (Å²) in [6, 6.07) is 0. The van der Waals surface area contributed by atoms with Gasteiger partial charge < -0.3 is 14.2 Å². The molecule has 0 N–H and O–H groups in total. The van der Waals surface area contributed by atoms with E-state index in [4.69, 9.17) is 14.2 Å². The van der Waals surface area contributed by atoms with Crippen molar-refractivity contribution in [1.82, 2.24) is 0 Å². The Labute approximate surface area is 511 Å². The van der Waals surface area contributed by atoms with Crippen LogP contribution in [0.25, 0.3) is 0 Å². The van der Waals surface area contributed by atoms with Crippen molar-refractivity contribution in [3.05, 3.63) is 158 Å². The van der Waals surface area contributed by atoms with Crippen LogP contribution in [0.3, 0.4) is 0 Å². The molecule has 1 unspecified atom stereocenters. The molecule has 0 radical (unpaired) electrons. The molecule has 0 fully saturated rings. The SMILES string of the molecule is CC/C=C\C/C=C\C/C=C\C/C=C\C/C=C\CCCCCCCCCCCCCCCCCCCC(=O)OCC(COC(=O)CCCCC/C=C\C/C=C\C/C=C\CC)OC(=O)CCCCC/C=C\C/C=C\C/C=C\C/C=C\C/C=C\CC. The second kappa shape index (κ2) is 69.5. The van der Waals surface area contributed by atoms with E-state index in [-0.39, 0.29) is 37.5 Å². The molecule has 0 saturated carbocycles. The fourth-order valence-corrected chi connectivity index (χ4v) is 9.04. The normalized spacial score (nSPS) is 13.1. The minimum atomic E-state index is -0.814. The van der Waals surface area contributed by atoms with Crippen molar-refractivity contribution in [2.45, 2.75) is 297 Å². The van der Waals surface area contributed by atoms with Gasteiger partial charge in [0.25, 0.3) is 0 Å². The van der Waals surface area contributed by atoms with Crippen molar-refractivity contribution in [2.75, 3.05) is 13.2 Å². The molecule has 0 amide bonds. The summed E-state index contributed by atoms with van der Waals surface area (Å²) >= 11 is 0. The van der Waals surface area contributed by atoms with Crippen LogP contribution in [0.1, 0.15) is 290 Å². The van der Waals surface area contributed by atoms with Gasteiger partial charge in [0, 0.05) is 19.3 Å². The predicted octanol–water partition coefficient (Wildman–Crippen LogP) is 23.7. The van der Waals surface area contributed by atoms with Crippen LogP contribution in [0.4, 0.5) is 0 Å². The Morgan fingerprint density at radius 2 is 0.434 bits per heavy atom. The van der Waals surface area contributed by atoms with Gasteiger partial charge in [0.2, 0.25) is 0 Å². The second-order valence-electron chi connectivity index (χ2n) is 21.9. The molecule has 468 valence electrons. The molecule has 6 nitrogen and oxygen atoms in total. The van der Waals surface area contributed by atoms with E-state index in [2.05, 4.69) is 179 Å². The summed E-state index contributed by atoms with van der Waals surface area (Å²) in [5.74, 6) is -0.966. The standard InChI is InChI=1S/C77H124O6/c1-4-7-10-13-16-19-22-25-27-29-31-32-33-34-35-36-37-38-39-40-41-42-43-44-46-47-49-52-55-58-61-64-67-70-76(79)82-73-74(72-81-75(78)69-66-63-60-57-54-51-24-21-18-15-12-9-6-3)83-77(80)71-68-65-62-59-56-53-50-48-45-30-28-26-23-20-17-14-11-8-5-2/h7-12,16-21,25-28,31-32,34-35,45,48,51,53-54,56,74H,4-6,13-15,22-24,29-30,33,36-44,46-47,49-50,52,55,57-73H2,1-3H3/b10-7-,11-8-,12-9-,19-16-,20-17-,21-18-,27-25-,28-26-,32-31-,35-34-,48-45-,54-51-,56-53-. The molecule has 0 heterocycles. The maximum absolute atomic E-state index is 12.9. The van der Waals surface area contributed by atoms with E-state index < -0.39 is 6.10 Å². The molecule has 0 spiro atoms. The fourth-order valence-electron chi connectivity index (χ4n) is 9.04. The monoisotopic (exact) mass is 1140 g/mol. The molecule has 0 aromatic rings. The van der Waals surface area contributed by atoms with Crippen molar-refractivity contribution >= 4 is 17.9 Å². The number of hydrogen-bond donors (Lipinski definition) is 0. The lowest BCUT2D eigenvalue weighted by Crippen LogP contribution is -2.30. The van der Waals surface area contributed by atoms with Crippen LogP contribution in [0.15, 0.2) is 158 Å². The van der Waals surface area contributed by atoms with Gasteiger partial charge in [-0.05, 0) is 141 Å². The van der Waals surface area contributed by atoms with Crippen LogP contribution < -0.4 is 0 Å². The zero-order valence-electron chi connectivity index (χ0n) is 53.7. The molecule has 0 rings (SSSR count). The van der Waals surface area contributed by atoms with Gasteiger partial charge in [-0.2, -0.15) is 0 Å². The molecule has 6 heteroatoms. The van der Waals surface area contributed by atoms with Gasteiger partial charge in [0.1, 0.15) is 13.2 Å². The molecular formula is C77H124O6. The molecular weight excluding hydrogens is 1020 g/mol. The summed E-state index contributed by atoms with van der Waals surface area (Å²) in [5.41, 5.74) is 0. The number of allylic oxidation sites excluding steroid dienone is 26. The summed E-state index contributed by atoms with van der Waals surface area (Å²) < 4.78 is 16.9. The number of carbonyl (C=O) groups is 3. The first-order valence-electron chi connectivity index (χ1n) is 34.0. The van der Waals surface area contributed by atoms with E-state index in [1.165, 1.54) is 96.3 Å². The van der Waals surface area contributed by atoms with Crippen molar-refractivity contribution in [3.8, 4) is 0 Å². The van der Waals surface area contributed by atoms with Gasteiger partial charge in [0.05, 0.1) is 0 Å². The van der Waals surface area contributed by atoms with Crippen LogP contribution in [0, 0.1) is 0 Å². The van der Waals surface area contributed by atoms with Crippen molar-refractivity contribution in [2.24, 2.45) is 0 Å². The van der Waals surface area contributed by atoms with E-state index in [0.717, 1.165) is 148 Å².